The lowest BCUT2D eigenvalue weighted by Crippen LogP contribution is -2.30. The zero-order chi connectivity index (χ0) is 14.7. The fraction of sp³-hybridized carbons (Fsp3) is 0.529. The predicted octanol–water partition coefficient (Wildman–Crippen LogP) is 3.07. The monoisotopic (exact) mass is 284 g/mol. The van der Waals surface area contributed by atoms with Crippen molar-refractivity contribution in [1.82, 2.24) is 20.1 Å². The summed E-state index contributed by atoms with van der Waals surface area (Å²) in [5.74, 6) is 0.757. The number of nitrogens with zero attached hydrogens (tertiary/aromatic N) is 3. The molecule has 1 fully saturated rings. The molecular formula is C17H24N4. The van der Waals surface area contributed by atoms with E-state index in [0.717, 1.165) is 30.3 Å². The van der Waals surface area contributed by atoms with Crippen molar-refractivity contribution in [1.29, 1.82) is 0 Å². The largest absolute Gasteiger partial charge is 0.316 e. The van der Waals surface area contributed by atoms with Crippen LogP contribution in [0.4, 0.5) is 0 Å². The zero-order valence-corrected chi connectivity index (χ0v) is 12.9. The van der Waals surface area contributed by atoms with Crippen LogP contribution >= 0.6 is 0 Å². The van der Waals surface area contributed by atoms with Gasteiger partial charge < -0.3 is 5.32 Å². The molecule has 21 heavy (non-hydrogen) atoms. The van der Waals surface area contributed by atoms with Crippen molar-refractivity contribution in [2.45, 2.75) is 39.2 Å². The summed E-state index contributed by atoms with van der Waals surface area (Å²) in [4.78, 5) is 4.65. The summed E-state index contributed by atoms with van der Waals surface area (Å²) >= 11 is 0. The first-order valence-corrected chi connectivity index (χ1v) is 7.93. The Bertz CT molecular complexity index is 565. The van der Waals surface area contributed by atoms with Gasteiger partial charge in [-0.3, -0.25) is 9.67 Å². The molecule has 1 aliphatic rings. The maximum Gasteiger partial charge on any atom is 0.0883 e. The van der Waals surface area contributed by atoms with E-state index >= 15 is 0 Å². The first-order chi connectivity index (χ1) is 10.2. The highest BCUT2D eigenvalue weighted by Gasteiger charge is 2.14. The van der Waals surface area contributed by atoms with E-state index < -0.39 is 0 Å². The van der Waals surface area contributed by atoms with Crippen LogP contribution in [0.2, 0.25) is 0 Å². The quantitative estimate of drug-likeness (QED) is 0.938. The van der Waals surface area contributed by atoms with Crippen molar-refractivity contribution in [2.75, 3.05) is 13.1 Å². The molecular weight excluding hydrogens is 260 g/mol. The topological polar surface area (TPSA) is 42.7 Å². The smallest absolute Gasteiger partial charge is 0.0883 e. The number of aromatic nitrogens is 3. The lowest BCUT2D eigenvalue weighted by atomic mass is 9.93. The third-order valence-electron chi connectivity index (χ3n) is 4.17. The van der Waals surface area contributed by atoms with E-state index in [1.54, 1.807) is 0 Å². The maximum absolute atomic E-state index is 4.65. The van der Waals surface area contributed by atoms with E-state index in [1.807, 2.05) is 23.1 Å². The Kier molecular flexibility index (Phi) is 4.34. The SMILES string of the molecule is CC(C)n1nccc1-c1ccc(C[C@H]2CCCNC2)cn1. The highest BCUT2D eigenvalue weighted by Crippen LogP contribution is 2.21. The molecule has 1 N–H and O–H groups in total. The van der Waals surface area contributed by atoms with Gasteiger partial charge in [0, 0.05) is 18.4 Å². The molecule has 3 rings (SSSR count). The fourth-order valence-corrected chi connectivity index (χ4v) is 3.06. The van der Waals surface area contributed by atoms with Crippen LogP contribution in [0, 0.1) is 5.92 Å². The van der Waals surface area contributed by atoms with Crippen molar-refractivity contribution >= 4 is 0 Å². The van der Waals surface area contributed by atoms with E-state index in [2.05, 4.69) is 41.4 Å². The summed E-state index contributed by atoms with van der Waals surface area (Å²) in [6.07, 6.45) is 7.63. The molecule has 0 spiro atoms. The Morgan fingerprint density at radius 1 is 1.33 bits per heavy atom. The maximum atomic E-state index is 4.65. The number of rotatable bonds is 4. The molecule has 0 saturated carbocycles. The van der Waals surface area contributed by atoms with E-state index in [9.17, 15) is 0 Å². The minimum atomic E-state index is 0.352. The van der Waals surface area contributed by atoms with Crippen molar-refractivity contribution in [3.8, 4) is 11.4 Å². The van der Waals surface area contributed by atoms with E-state index in [4.69, 9.17) is 0 Å². The number of piperidine rings is 1. The van der Waals surface area contributed by atoms with E-state index in [1.165, 1.54) is 24.9 Å². The van der Waals surface area contributed by atoms with Gasteiger partial charge in [0.25, 0.3) is 0 Å². The standard InChI is InChI=1S/C17H24N4/c1-13(2)21-17(7-9-20-21)16-6-5-15(12-19-16)10-14-4-3-8-18-11-14/h5-7,9,12-14,18H,3-4,8,10-11H2,1-2H3/t14-/m1/s1. The van der Waals surface area contributed by atoms with Crippen LogP contribution in [-0.2, 0) is 6.42 Å². The Hall–Kier alpha value is -1.68. The summed E-state index contributed by atoms with van der Waals surface area (Å²) in [6.45, 7) is 6.59. The van der Waals surface area contributed by atoms with E-state index in [-0.39, 0.29) is 0 Å². The zero-order valence-electron chi connectivity index (χ0n) is 12.9. The Morgan fingerprint density at radius 3 is 2.90 bits per heavy atom. The van der Waals surface area contributed by atoms with Crippen molar-refractivity contribution < 1.29 is 0 Å². The molecule has 4 heteroatoms. The van der Waals surface area contributed by atoms with Gasteiger partial charge in [-0.15, -0.1) is 0 Å². The van der Waals surface area contributed by atoms with Gasteiger partial charge in [-0.2, -0.15) is 5.10 Å². The second-order valence-corrected chi connectivity index (χ2v) is 6.22. The van der Waals surface area contributed by atoms with Crippen LogP contribution in [0.15, 0.2) is 30.6 Å². The second-order valence-electron chi connectivity index (χ2n) is 6.22. The van der Waals surface area contributed by atoms with Gasteiger partial charge >= 0.3 is 0 Å². The number of hydrogen-bond donors (Lipinski definition) is 1. The molecule has 2 aromatic rings. The molecule has 1 saturated heterocycles. The summed E-state index contributed by atoms with van der Waals surface area (Å²) in [5, 5.41) is 7.85. The molecule has 0 amide bonds. The van der Waals surface area contributed by atoms with Gasteiger partial charge in [0.05, 0.1) is 11.4 Å². The molecule has 1 atom stereocenters. The summed E-state index contributed by atoms with van der Waals surface area (Å²) in [7, 11) is 0. The minimum Gasteiger partial charge on any atom is -0.316 e. The third kappa shape index (κ3) is 3.32. The summed E-state index contributed by atoms with van der Waals surface area (Å²) in [5.41, 5.74) is 3.44. The molecule has 0 aromatic carbocycles. The summed E-state index contributed by atoms with van der Waals surface area (Å²) < 4.78 is 2.02. The molecule has 2 aromatic heterocycles. The van der Waals surface area contributed by atoms with Crippen LogP contribution in [0.3, 0.4) is 0 Å². The highest BCUT2D eigenvalue weighted by molar-refractivity contribution is 5.54. The Labute approximate surface area is 126 Å². The first-order valence-electron chi connectivity index (χ1n) is 7.93. The van der Waals surface area contributed by atoms with Crippen LogP contribution in [0.25, 0.3) is 11.4 Å². The van der Waals surface area contributed by atoms with Gasteiger partial charge in [0.1, 0.15) is 0 Å². The average Bonchev–Trinajstić information content (AvgIpc) is 2.99. The average molecular weight is 284 g/mol. The third-order valence-corrected chi connectivity index (χ3v) is 4.17. The van der Waals surface area contributed by atoms with Crippen LogP contribution < -0.4 is 5.32 Å². The highest BCUT2D eigenvalue weighted by atomic mass is 15.3. The number of pyridine rings is 1. The summed E-state index contributed by atoms with van der Waals surface area (Å²) in [6, 6.07) is 6.73. The van der Waals surface area contributed by atoms with Gasteiger partial charge in [-0.25, -0.2) is 0 Å². The fourth-order valence-electron chi connectivity index (χ4n) is 3.06. The molecule has 0 aliphatic carbocycles. The Morgan fingerprint density at radius 2 is 2.24 bits per heavy atom. The molecule has 4 nitrogen and oxygen atoms in total. The molecule has 3 heterocycles. The number of hydrogen-bond acceptors (Lipinski definition) is 3. The molecule has 1 aliphatic heterocycles. The van der Waals surface area contributed by atoms with Crippen molar-refractivity contribution in [2.24, 2.45) is 5.92 Å². The minimum absolute atomic E-state index is 0.352. The molecule has 0 bridgehead atoms. The van der Waals surface area contributed by atoms with Crippen molar-refractivity contribution in [3.63, 3.8) is 0 Å². The van der Waals surface area contributed by atoms with Gasteiger partial charge in [0.15, 0.2) is 0 Å². The van der Waals surface area contributed by atoms with Crippen LogP contribution in [0.1, 0.15) is 38.3 Å². The molecule has 112 valence electrons. The van der Waals surface area contributed by atoms with Gasteiger partial charge in [-0.1, -0.05) is 6.07 Å². The van der Waals surface area contributed by atoms with Gasteiger partial charge in [-0.05, 0) is 69.8 Å². The normalized spacial score (nSPS) is 19.1. The molecule has 0 unspecified atom stereocenters. The Balaban J connectivity index is 1.73. The predicted molar refractivity (Wildman–Crippen MR) is 85.1 cm³/mol. The van der Waals surface area contributed by atoms with Gasteiger partial charge in [0.2, 0.25) is 0 Å². The molecule has 0 radical (unpaired) electrons. The van der Waals surface area contributed by atoms with Crippen LogP contribution in [-0.4, -0.2) is 27.9 Å². The van der Waals surface area contributed by atoms with E-state index in [0.29, 0.717) is 6.04 Å². The second kappa shape index (κ2) is 6.39. The lowest BCUT2D eigenvalue weighted by Gasteiger charge is -2.22. The lowest BCUT2D eigenvalue weighted by molar-refractivity contribution is 0.376. The first kappa shape index (κ1) is 14.3. The van der Waals surface area contributed by atoms with Crippen LogP contribution in [0.5, 0.6) is 0 Å². The van der Waals surface area contributed by atoms with Crippen molar-refractivity contribution in [3.05, 3.63) is 36.2 Å². The number of nitrogens with one attached hydrogen (secondary N) is 1.